The first-order valence-electron chi connectivity index (χ1n) is 19.1. The number of hydrogen-bond donors (Lipinski definition) is 0. The number of benzene rings is 8. The molecule has 0 spiro atoms. The fourth-order valence-electron chi connectivity index (χ4n) is 8.66. The summed E-state index contributed by atoms with van der Waals surface area (Å²) in [6, 6.07) is 58.0. The number of nitrogens with zero attached hydrogens (tertiary/aromatic N) is 5. The molecule has 0 saturated carbocycles. The number of para-hydroxylation sites is 3. The van der Waals surface area contributed by atoms with Gasteiger partial charge < -0.3 is 9.13 Å². The van der Waals surface area contributed by atoms with Crippen LogP contribution < -0.4 is 0 Å². The molecule has 10 aromatic rings. The highest BCUT2D eigenvalue weighted by Gasteiger charge is 2.32. The molecule has 0 saturated heterocycles. The van der Waals surface area contributed by atoms with Gasteiger partial charge in [0, 0.05) is 32.7 Å². The molecule has 0 N–H and O–H groups in total. The maximum absolute atomic E-state index is 14.8. The standard InChI is InChI=1S/C52H28F3N5/c53-52(54,55)37-22-25-49(59-46-18-7-5-15-40(46)43-26-32(20-23-48(43)59)38-13-3-1-10-34(38)29-56)45(28-37)42-17-9-12-36(31-58)51(42)60-47-19-8-6-16-41(47)44-27-33(21-24-50(44)60)39-14-4-2-11-35(39)30-57/h1-28H. The highest BCUT2D eigenvalue weighted by molar-refractivity contribution is 6.13. The molecule has 60 heavy (non-hydrogen) atoms. The SMILES string of the molecule is N#Cc1ccccc1-c1ccc2c(c1)c1ccccc1n2-c1ccc(C(F)(F)F)cc1-c1cccc(C#N)c1-n1c2ccccc2c2cc(-c3ccccc3C#N)ccc21. The summed E-state index contributed by atoms with van der Waals surface area (Å²) < 4.78 is 48.3. The van der Waals surface area contributed by atoms with E-state index < -0.39 is 11.7 Å². The maximum atomic E-state index is 14.8. The minimum atomic E-state index is -4.66. The van der Waals surface area contributed by atoms with Crippen LogP contribution in [0.25, 0.3) is 88.4 Å². The molecular weight excluding hydrogens is 752 g/mol. The Labute approximate surface area is 341 Å². The van der Waals surface area contributed by atoms with Gasteiger partial charge in [-0.1, -0.05) is 97.1 Å². The molecule has 2 heterocycles. The van der Waals surface area contributed by atoms with Crippen molar-refractivity contribution in [1.29, 1.82) is 15.8 Å². The lowest BCUT2D eigenvalue weighted by Gasteiger charge is -2.21. The monoisotopic (exact) mass is 779 g/mol. The molecule has 282 valence electrons. The Morgan fingerprint density at radius 2 is 0.850 bits per heavy atom. The van der Waals surface area contributed by atoms with Gasteiger partial charge in [0.25, 0.3) is 0 Å². The van der Waals surface area contributed by atoms with Crippen LogP contribution in [0.3, 0.4) is 0 Å². The van der Waals surface area contributed by atoms with Gasteiger partial charge in [-0.05, 0) is 95.1 Å². The van der Waals surface area contributed by atoms with Crippen molar-refractivity contribution in [2.75, 3.05) is 0 Å². The summed E-state index contributed by atoms with van der Waals surface area (Å²) in [4.78, 5) is 0. The van der Waals surface area contributed by atoms with Gasteiger partial charge >= 0.3 is 6.18 Å². The van der Waals surface area contributed by atoms with Gasteiger partial charge in [0.15, 0.2) is 0 Å². The third-order valence-electron chi connectivity index (χ3n) is 11.3. The van der Waals surface area contributed by atoms with Crippen LogP contribution in [0.5, 0.6) is 0 Å². The first-order chi connectivity index (χ1) is 29.3. The summed E-state index contributed by atoms with van der Waals surface area (Å²) in [7, 11) is 0. The number of nitriles is 3. The van der Waals surface area contributed by atoms with Crippen LogP contribution in [0.4, 0.5) is 13.2 Å². The molecule has 8 aromatic carbocycles. The molecular formula is C52H28F3N5. The Kier molecular flexibility index (Phi) is 8.35. The molecule has 0 aliphatic carbocycles. The molecule has 0 bridgehead atoms. The highest BCUT2D eigenvalue weighted by Crippen LogP contribution is 2.45. The number of hydrogen-bond acceptors (Lipinski definition) is 3. The molecule has 2 aromatic heterocycles. The van der Waals surface area contributed by atoms with Crippen LogP contribution in [-0.2, 0) is 6.18 Å². The van der Waals surface area contributed by atoms with Crippen molar-refractivity contribution in [3.63, 3.8) is 0 Å². The van der Waals surface area contributed by atoms with Crippen LogP contribution >= 0.6 is 0 Å². The van der Waals surface area contributed by atoms with E-state index in [1.165, 1.54) is 12.1 Å². The molecule has 10 rings (SSSR count). The van der Waals surface area contributed by atoms with E-state index in [1.807, 2.05) is 130 Å². The predicted molar refractivity (Wildman–Crippen MR) is 231 cm³/mol. The smallest absolute Gasteiger partial charge is 0.309 e. The molecule has 0 aliphatic rings. The summed E-state index contributed by atoms with van der Waals surface area (Å²) in [6.07, 6.45) is -4.66. The molecule has 5 nitrogen and oxygen atoms in total. The van der Waals surface area contributed by atoms with Crippen molar-refractivity contribution < 1.29 is 13.2 Å². The second kappa shape index (κ2) is 13.9. The number of rotatable bonds is 5. The van der Waals surface area contributed by atoms with E-state index in [0.29, 0.717) is 28.1 Å². The van der Waals surface area contributed by atoms with Crippen LogP contribution in [0.1, 0.15) is 22.3 Å². The van der Waals surface area contributed by atoms with Crippen molar-refractivity contribution in [2.24, 2.45) is 0 Å². The Morgan fingerprint density at radius 3 is 1.42 bits per heavy atom. The van der Waals surface area contributed by atoms with Crippen LogP contribution in [0.2, 0.25) is 0 Å². The maximum Gasteiger partial charge on any atom is 0.416 e. The zero-order valence-corrected chi connectivity index (χ0v) is 31.5. The van der Waals surface area contributed by atoms with Crippen molar-refractivity contribution in [1.82, 2.24) is 9.13 Å². The first-order valence-corrected chi connectivity index (χ1v) is 19.1. The largest absolute Gasteiger partial charge is 0.416 e. The van der Waals surface area contributed by atoms with Crippen LogP contribution in [-0.4, -0.2) is 9.13 Å². The Balaban J connectivity index is 1.28. The fourth-order valence-corrected chi connectivity index (χ4v) is 8.66. The van der Waals surface area contributed by atoms with Gasteiger partial charge in [-0.25, -0.2) is 0 Å². The Morgan fingerprint density at radius 1 is 0.383 bits per heavy atom. The van der Waals surface area contributed by atoms with Crippen molar-refractivity contribution in [3.05, 3.63) is 192 Å². The number of fused-ring (bicyclic) bond motifs is 6. The van der Waals surface area contributed by atoms with E-state index in [0.717, 1.165) is 71.9 Å². The van der Waals surface area contributed by atoms with E-state index in [4.69, 9.17) is 0 Å². The average Bonchev–Trinajstić information content (AvgIpc) is 3.80. The molecule has 0 unspecified atom stereocenters. The normalized spacial score (nSPS) is 11.5. The van der Waals surface area contributed by atoms with Gasteiger partial charge in [-0.15, -0.1) is 0 Å². The third kappa shape index (κ3) is 5.61. The summed E-state index contributed by atoms with van der Waals surface area (Å²) in [5, 5.41) is 34.0. The summed E-state index contributed by atoms with van der Waals surface area (Å²) in [5.41, 5.74) is 8.43. The summed E-state index contributed by atoms with van der Waals surface area (Å²) >= 11 is 0. The van der Waals surface area contributed by atoms with Crippen molar-refractivity contribution in [3.8, 4) is 63.0 Å². The second-order valence-electron chi connectivity index (χ2n) is 14.5. The molecule has 0 amide bonds. The zero-order chi connectivity index (χ0) is 41.1. The summed E-state index contributed by atoms with van der Waals surface area (Å²) in [5.74, 6) is 0. The number of aromatic nitrogens is 2. The minimum Gasteiger partial charge on any atom is -0.309 e. The highest BCUT2D eigenvalue weighted by atomic mass is 19.4. The van der Waals surface area contributed by atoms with Gasteiger partial charge in [0.2, 0.25) is 0 Å². The van der Waals surface area contributed by atoms with Crippen LogP contribution in [0.15, 0.2) is 170 Å². The van der Waals surface area contributed by atoms with E-state index in [-0.39, 0.29) is 11.1 Å². The van der Waals surface area contributed by atoms with Gasteiger partial charge in [0.05, 0.1) is 67.8 Å². The second-order valence-corrected chi connectivity index (χ2v) is 14.5. The van der Waals surface area contributed by atoms with Gasteiger partial charge in [-0.2, -0.15) is 29.0 Å². The fraction of sp³-hybridized carbons (Fsp3) is 0.0192. The summed E-state index contributed by atoms with van der Waals surface area (Å²) in [6.45, 7) is 0. The van der Waals surface area contributed by atoms with E-state index in [2.05, 4.69) is 18.2 Å². The first kappa shape index (κ1) is 36.0. The number of halogens is 3. The Hall–Kier alpha value is -8.38. The predicted octanol–water partition coefficient (Wildman–Crippen LogP) is 13.5. The molecule has 0 fully saturated rings. The Bertz CT molecular complexity index is 3530. The van der Waals surface area contributed by atoms with Gasteiger partial charge in [-0.3, -0.25) is 0 Å². The van der Waals surface area contributed by atoms with E-state index in [9.17, 15) is 29.0 Å². The van der Waals surface area contributed by atoms with E-state index in [1.54, 1.807) is 30.3 Å². The van der Waals surface area contributed by atoms with Crippen molar-refractivity contribution >= 4 is 43.6 Å². The molecule has 0 radical (unpaired) electrons. The minimum absolute atomic E-state index is 0.278. The number of alkyl halides is 3. The lowest BCUT2D eigenvalue weighted by molar-refractivity contribution is -0.137. The molecule has 0 atom stereocenters. The van der Waals surface area contributed by atoms with Gasteiger partial charge in [0.1, 0.15) is 6.07 Å². The molecule has 8 heteroatoms. The van der Waals surface area contributed by atoms with Crippen LogP contribution in [0, 0.1) is 34.0 Å². The lowest BCUT2D eigenvalue weighted by Crippen LogP contribution is -2.08. The topological polar surface area (TPSA) is 81.2 Å². The zero-order valence-electron chi connectivity index (χ0n) is 31.5. The molecule has 0 aliphatic heterocycles. The third-order valence-corrected chi connectivity index (χ3v) is 11.3. The quantitative estimate of drug-likeness (QED) is 0.174. The average molecular weight is 780 g/mol. The van der Waals surface area contributed by atoms with E-state index >= 15 is 0 Å². The van der Waals surface area contributed by atoms with Crippen molar-refractivity contribution in [2.45, 2.75) is 6.18 Å². The lowest BCUT2D eigenvalue weighted by atomic mass is 9.95.